The van der Waals surface area contributed by atoms with E-state index in [2.05, 4.69) is 21.0 Å². The Morgan fingerprint density at radius 3 is 2.78 bits per heavy atom. The van der Waals surface area contributed by atoms with E-state index < -0.39 is 12.1 Å². The molecule has 2 aliphatic heterocycles. The maximum absolute atomic E-state index is 10.6. The van der Waals surface area contributed by atoms with Crippen LogP contribution in [0, 0.1) is 0 Å². The van der Waals surface area contributed by atoms with Crippen LogP contribution in [0.1, 0.15) is 24.8 Å². The third-order valence-corrected chi connectivity index (χ3v) is 5.36. The topological polar surface area (TPSA) is 89.7 Å². The first-order valence-corrected chi connectivity index (χ1v) is 10.5. The number of hydrogen-bond acceptors (Lipinski definition) is 6. The molecule has 0 amide bonds. The Morgan fingerprint density at radius 1 is 1.31 bits per heavy atom. The number of ether oxygens (including phenoxy) is 2. The first-order chi connectivity index (χ1) is 15.3. The summed E-state index contributed by atoms with van der Waals surface area (Å²) < 4.78 is 46.0. The molecular weight excluding hydrogens is 429 g/mol. The molecule has 2 aromatic rings. The van der Waals surface area contributed by atoms with Gasteiger partial charge in [-0.2, -0.15) is 18.3 Å². The minimum Gasteiger partial charge on any atom is -0.475 e. The number of aliphatic carboxylic acids is 1. The van der Waals surface area contributed by atoms with Gasteiger partial charge in [0.05, 0.1) is 6.10 Å². The second kappa shape index (κ2) is 11.4. The molecule has 32 heavy (non-hydrogen) atoms. The Kier molecular flexibility index (Phi) is 8.60. The summed E-state index contributed by atoms with van der Waals surface area (Å²) in [6.07, 6.45) is 6.17. The van der Waals surface area contributed by atoms with Crippen LogP contribution >= 0.6 is 0 Å². The Labute approximate surface area is 183 Å². The molecule has 0 spiro atoms. The second-order valence-corrected chi connectivity index (χ2v) is 7.67. The van der Waals surface area contributed by atoms with Crippen molar-refractivity contribution in [3.63, 3.8) is 0 Å². The maximum atomic E-state index is 10.6. The third kappa shape index (κ3) is 7.01. The molecule has 2 saturated heterocycles. The van der Waals surface area contributed by atoms with Crippen molar-refractivity contribution in [1.29, 1.82) is 0 Å². The summed E-state index contributed by atoms with van der Waals surface area (Å²) in [5.74, 6) is -2.76. The molecule has 4 heterocycles. The van der Waals surface area contributed by atoms with Crippen molar-refractivity contribution in [2.45, 2.75) is 56.8 Å². The molecule has 0 unspecified atom stereocenters. The van der Waals surface area contributed by atoms with Gasteiger partial charge in [0.1, 0.15) is 6.10 Å². The van der Waals surface area contributed by atoms with Gasteiger partial charge >= 0.3 is 12.1 Å². The molecule has 0 aromatic carbocycles. The van der Waals surface area contributed by atoms with Crippen molar-refractivity contribution >= 4 is 5.97 Å². The number of likely N-dealkylation sites (tertiary alicyclic amines) is 1. The number of aryl methyl sites for hydroxylation is 1. The molecule has 1 N–H and O–H groups in total. The molecule has 4 rings (SSSR count). The van der Waals surface area contributed by atoms with Gasteiger partial charge in [-0.15, -0.1) is 0 Å². The average molecular weight is 456 g/mol. The van der Waals surface area contributed by atoms with Crippen molar-refractivity contribution in [2.24, 2.45) is 0 Å². The number of rotatable bonds is 7. The van der Waals surface area contributed by atoms with Crippen LogP contribution in [0.15, 0.2) is 43.0 Å². The maximum Gasteiger partial charge on any atom is 0.490 e. The number of carbonyl (C=O) groups is 1. The predicted molar refractivity (Wildman–Crippen MR) is 108 cm³/mol. The van der Waals surface area contributed by atoms with E-state index in [0.717, 1.165) is 45.7 Å². The van der Waals surface area contributed by atoms with Crippen molar-refractivity contribution in [3.8, 4) is 0 Å². The normalized spacial score (nSPS) is 23.3. The molecule has 0 saturated carbocycles. The van der Waals surface area contributed by atoms with E-state index in [1.807, 2.05) is 41.6 Å². The van der Waals surface area contributed by atoms with Crippen LogP contribution in [-0.4, -0.2) is 74.9 Å². The highest BCUT2D eigenvalue weighted by Crippen LogP contribution is 2.31. The predicted octanol–water partition coefficient (Wildman–Crippen LogP) is 2.75. The molecular formula is C21H27F3N4O4. The highest BCUT2D eigenvalue weighted by molar-refractivity contribution is 5.73. The van der Waals surface area contributed by atoms with E-state index in [-0.39, 0.29) is 12.2 Å². The highest BCUT2D eigenvalue weighted by atomic mass is 19.4. The lowest BCUT2D eigenvalue weighted by atomic mass is 10.0. The van der Waals surface area contributed by atoms with Gasteiger partial charge in [-0.05, 0) is 37.0 Å². The number of nitrogens with zero attached hydrogens (tertiary/aromatic N) is 4. The first-order valence-electron chi connectivity index (χ1n) is 10.5. The molecule has 11 heteroatoms. The Balaban J connectivity index is 0.000000360. The quantitative estimate of drug-likeness (QED) is 0.641. The lowest BCUT2D eigenvalue weighted by molar-refractivity contribution is -0.192. The van der Waals surface area contributed by atoms with Gasteiger partial charge in [0.15, 0.2) is 0 Å². The molecule has 176 valence electrons. The number of alkyl halides is 3. The molecule has 3 atom stereocenters. The lowest BCUT2D eigenvalue weighted by Gasteiger charge is -2.32. The minimum atomic E-state index is -5.08. The Hall–Kier alpha value is -2.50. The summed E-state index contributed by atoms with van der Waals surface area (Å²) >= 11 is 0. The number of aromatic nitrogens is 3. The van der Waals surface area contributed by atoms with E-state index in [1.54, 1.807) is 0 Å². The van der Waals surface area contributed by atoms with Crippen LogP contribution < -0.4 is 0 Å². The summed E-state index contributed by atoms with van der Waals surface area (Å²) in [6.45, 7) is 4.36. The fourth-order valence-electron chi connectivity index (χ4n) is 3.95. The minimum absolute atomic E-state index is 0.166. The first kappa shape index (κ1) is 24.1. The standard InChI is InChI=1S/C19H26N4O2.C2HF3O2/c1-5-16(13-20-7-1)14-22-15-18(19-17(22)6-2-11-25-19)24-12-4-10-23-9-3-8-21-23;3-2(4,5)1(6)7/h1,3,5,7-9,13,17-19H,2,4,6,10-12,14-15H2;(H,6,7)/t17-,18+,19+;/m1./s1. The van der Waals surface area contributed by atoms with Crippen molar-refractivity contribution in [1.82, 2.24) is 19.7 Å². The monoisotopic (exact) mass is 456 g/mol. The molecule has 2 aliphatic rings. The molecule has 0 bridgehead atoms. The van der Waals surface area contributed by atoms with Crippen molar-refractivity contribution < 1.29 is 32.5 Å². The SMILES string of the molecule is O=C(O)C(F)(F)F.c1cncc(CN2C[C@H](OCCCn3cccn3)[C@H]3OCCC[C@H]32)c1. The number of halogens is 3. The van der Waals surface area contributed by atoms with E-state index in [1.165, 1.54) is 12.0 Å². The molecule has 8 nitrogen and oxygen atoms in total. The van der Waals surface area contributed by atoms with Gasteiger partial charge in [0, 0.05) is 63.7 Å². The van der Waals surface area contributed by atoms with Gasteiger partial charge in [-0.3, -0.25) is 14.6 Å². The Morgan fingerprint density at radius 2 is 2.12 bits per heavy atom. The number of carboxylic acids is 1. The van der Waals surface area contributed by atoms with E-state index >= 15 is 0 Å². The van der Waals surface area contributed by atoms with Crippen molar-refractivity contribution in [3.05, 3.63) is 48.5 Å². The van der Waals surface area contributed by atoms with Crippen LogP contribution in [0.5, 0.6) is 0 Å². The van der Waals surface area contributed by atoms with Gasteiger partial charge in [-0.25, -0.2) is 4.79 Å². The van der Waals surface area contributed by atoms with E-state index in [4.69, 9.17) is 19.4 Å². The van der Waals surface area contributed by atoms with E-state index in [9.17, 15) is 13.2 Å². The summed E-state index contributed by atoms with van der Waals surface area (Å²) in [5, 5.41) is 11.4. The largest absolute Gasteiger partial charge is 0.490 e. The number of pyridine rings is 1. The summed E-state index contributed by atoms with van der Waals surface area (Å²) in [5.41, 5.74) is 1.26. The summed E-state index contributed by atoms with van der Waals surface area (Å²) in [4.78, 5) is 15.6. The van der Waals surface area contributed by atoms with Gasteiger partial charge in [-0.1, -0.05) is 6.07 Å². The third-order valence-electron chi connectivity index (χ3n) is 5.36. The number of fused-ring (bicyclic) bond motifs is 1. The smallest absolute Gasteiger partial charge is 0.475 e. The fourth-order valence-corrected chi connectivity index (χ4v) is 3.95. The molecule has 0 aliphatic carbocycles. The number of carboxylic acid groups (broad SMARTS) is 1. The van der Waals surface area contributed by atoms with Crippen molar-refractivity contribution in [2.75, 3.05) is 19.8 Å². The zero-order chi connectivity index (χ0) is 23.0. The molecule has 0 radical (unpaired) electrons. The second-order valence-electron chi connectivity index (χ2n) is 7.67. The van der Waals surface area contributed by atoms with Gasteiger partial charge in [0.25, 0.3) is 0 Å². The van der Waals surface area contributed by atoms with Gasteiger partial charge < -0.3 is 14.6 Å². The lowest BCUT2D eigenvalue weighted by Crippen LogP contribution is -2.41. The zero-order valence-electron chi connectivity index (χ0n) is 17.5. The summed E-state index contributed by atoms with van der Waals surface area (Å²) in [7, 11) is 0. The molecule has 2 fully saturated rings. The zero-order valence-corrected chi connectivity index (χ0v) is 17.5. The summed E-state index contributed by atoms with van der Waals surface area (Å²) in [6, 6.07) is 6.56. The highest BCUT2D eigenvalue weighted by Gasteiger charge is 2.44. The van der Waals surface area contributed by atoms with Crippen LogP contribution in [-0.2, 0) is 27.4 Å². The van der Waals surface area contributed by atoms with E-state index in [0.29, 0.717) is 6.04 Å². The van der Waals surface area contributed by atoms with Crippen LogP contribution in [0.4, 0.5) is 13.2 Å². The molecule has 2 aromatic heterocycles. The van der Waals surface area contributed by atoms with Crippen LogP contribution in [0.2, 0.25) is 0 Å². The van der Waals surface area contributed by atoms with Crippen LogP contribution in [0.25, 0.3) is 0 Å². The van der Waals surface area contributed by atoms with Crippen LogP contribution in [0.3, 0.4) is 0 Å². The fraction of sp³-hybridized carbons (Fsp3) is 0.571. The van der Waals surface area contributed by atoms with Gasteiger partial charge in [0.2, 0.25) is 0 Å². The Bertz CT molecular complexity index is 820. The number of hydrogen-bond donors (Lipinski definition) is 1. The average Bonchev–Trinajstić information content (AvgIpc) is 3.40.